The summed E-state index contributed by atoms with van der Waals surface area (Å²) in [5.74, 6) is 0.994. The average molecular weight is 522 g/mol. The number of piperidine rings is 3. The molecule has 1 N–H and O–H groups in total. The monoisotopic (exact) mass is 521 g/mol. The number of carbonyl (C=O) groups is 1. The lowest BCUT2D eigenvalue weighted by Gasteiger charge is -2.55. The van der Waals surface area contributed by atoms with Crippen LogP contribution in [0.15, 0.2) is 41.3 Å². The molecule has 0 amide bonds. The summed E-state index contributed by atoms with van der Waals surface area (Å²) >= 11 is 7.57. The molecule has 2 aromatic rings. The zero-order valence-corrected chi connectivity index (χ0v) is 22.8. The summed E-state index contributed by atoms with van der Waals surface area (Å²) in [7, 11) is 1.44. The van der Waals surface area contributed by atoms with E-state index in [-0.39, 0.29) is 5.97 Å². The highest BCUT2D eigenvalue weighted by molar-refractivity contribution is 7.80. The lowest BCUT2D eigenvalue weighted by molar-refractivity contribution is 0.0132. The van der Waals surface area contributed by atoms with Gasteiger partial charge in [-0.05, 0) is 75.2 Å². The molecule has 1 aromatic heterocycles. The van der Waals surface area contributed by atoms with Crippen molar-refractivity contribution in [2.45, 2.75) is 57.5 Å². The van der Waals surface area contributed by atoms with Crippen molar-refractivity contribution in [3.05, 3.63) is 52.4 Å². The first-order valence-electron chi connectivity index (χ1n) is 13.3. The molecule has 4 atom stereocenters. The lowest BCUT2D eigenvalue weighted by Crippen LogP contribution is -2.60. The quantitative estimate of drug-likeness (QED) is 0.299. The first-order valence-corrected chi connectivity index (χ1v) is 14.6. The summed E-state index contributed by atoms with van der Waals surface area (Å²) in [5, 5.41) is 7.03. The molecular weight excluding hydrogens is 486 g/mol. The Bertz CT molecular complexity index is 1190. The van der Waals surface area contributed by atoms with Gasteiger partial charge in [0, 0.05) is 30.1 Å². The molecule has 36 heavy (non-hydrogen) atoms. The number of carbonyl (C=O) groups excluding carboxylic acids is 1. The number of fused-ring (bicyclic) bond motifs is 6. The average Bonchev–Trinajstić information content (AvgIpc) is 3.31. The van der Waals surface area contributed by atoms with E-state index in [0.717, 1.165) is 40.2 Å². The van der Waals surface area contributed by atoms with Crippen molar-refractivity contribution < 1.29 is 9.53 Å². The van der Waals surface area contributed by atoms with E-state index in [2.05, 4.69) is 52.4 Å². The van der Waals surface area contributed by atoms with Gasteiger partial charge in [0.05, 0.1) is 13.2 Å². The Kier molecular flexibility index (Phi) is 6.65. The van der Waals surface area contributed by atoms with Gasteiger partial charge in [-0.3, -0.25) is 4.90 Å². The first-order chi connectivity index (χ1) is 17.5. The molecule has 5 nitrogen and oxygen atoms in total. The summed E-state index contributed by atoms with van der Waals surface area (Å²) in [6, 6.07) is 9.38. The van der Waals surface area contributed by atoms with Crippen LogP contribution in [-0.4, -0.2) is 59.7 Å². The van der Waals surface area contributed by atoms with Crippen LogP contribution < -0.4 is 5.32 Å². The summed E-state index contributed by atoms with van der Waals surface area (Å²) in [6.07, 6.45) is 10.3. The summed E-state index contributed by atoms with van der Waals surface area (Å²) < 4.78 is 5.19. The number of benzene rings is 1. The number of nitrogens with zero attached hydrogens (tertiary/aromatic N) is 2. The van der Waals surface area contributed by atoms with Crippen LogP contribution in [0.3, 0.4) is 0 Å². The molecule has 1 aromatic carbocycles. The number of esters is 1. The van der Waals surface area contributed by atoms with E-state index >= 15 is 0 Å². The van der Waals surface area contributed by atoms with Crippen LogP contribution in [0.5, 0.6) is 0 Å². The normalized spacial score (nSPS) is 27.5. The molecule has 3 aliphatic heterocycles. The van der Waals surface area contributed by atoms with Crippen LogP contribution in [0.4, 0.5) is 5.00 Å². The van der Waals surface area contributed by atoms with E-state index in [9.17, 15) is 4.79 Å². The van der Waals surface area contributed by atoms with Crippen molar-refractivity contribution >= 4 is 39.6 Å². The van der Waals surface area contributed by atoms with E-state index in [1.54, 1.807) is 5.57 Å². The van der Waals surface area contributed by atoms with Crippen LogP contribution >= 0.6 is 23.6 Å². The molecule has 3 saturated heterocycles. The molecule has 0 saturated carbocycles. The first kappa shape index (κ1) is 24.1. The highest BCUT2D eigenvalue weighted by Crippen LogP contribution is 2.45. The number of nitrogens with one attached hydrogen (secondary N) is 1. The van der Waals surface area contributed by atoms with Crippen LogP contribution in [-0.2, 0) is 4.74 Å². The van der Waals surface area contributed by atoms with Gasteiger partial charge in [-0.1, -0.05) is 47.9 Å². The fraction of sp³-hybridized carbons (Fsp3) is 0.517. The Labute approximate surface area is 223 Å². The van der Waals surface area contributed by atoms with Crippen LogP contribution in [0, 0.1) is 18.8 Å². The summed E-state index contributed by atoms with van der Waals surface area (Å²) in [5.41, 5.74) is 5.25. The Morgan fingerprint density at radius 3 is 2.81 bits per heavy atom. The molecule has 1 aliphatic carbocycles. The van der Waals surface area contributed by atoms with Crippen molar-refractivity contribution in [1.29, 1.82) is 0 Å². The number of hydrogen-bond donors (Lipinski definition) is 1. The van der Waals surface area contributed by atoms with Gasteiger partial charge in [0.1, 0.15) is 10.6 Å². The maximum Gasteiger partial charge on any atom is 0.341 e. The minimum Gasteiger partial charge on any atom is -0.465 e. The third-order valence-electron chi connectivity index (χ3n) is 8.68. The highest BCUT2D eigenvalue weighted by atomic mass is 32.1. The van der Waals surface area contributed by atoms with Crippen molar-refractivity contribution in [3.8, 4) is 11.1 Å². The maximum atomic E-state index is 12.9. The fourth-order valence-corrected chi connectivity index (χ4v) is 8.40. The van der Waals surface area contributed by atoms with Gasteiger partial charge in [-0.15, -0.1) is 11.3 Å². The van der Waals surface area contributed by atoms with Crippen molar-refractivity contribution in [1.82, 2.24) is 9.80 Å². The molecule has 4 heterocycles. The maximum absolute atomic E-state index is 12.9. The van der Waals surface area contributed by atoms with Gasteiger partial charge in [-0.2, -0.15) is 0 Å². The fourth-order valence-electron chi connectivity index (χ4n) is 7.07. The Balaban J connectivity index is 1.27. The minimum atomic E-state index is -0.333. The van der Waals surface area contributed by atoms with E-state index in [1.165, 1.54) is 69.2 Å². The van der Waals surface area contributed by atoms with E-state index in [1.807, 2.05) is 5.38 Å². The van der Waals surface area contributed by atoms with Crippen molar-refractivity contribution in [2.24, 2.45) is 11.8 Å². The number of anilines is 1. The van der Waals surface area contributed by atoms with E-state index in [0.29, 0.717) is 23.4 Å². The number of aryl methyl sites for hydroxylation is 1. The molecule has 2 bridgehead atoms. The molecular formula is C29H35N3O2S2. The van der Waals surface area contributed by atoms with Gasteiger partial charge in [0.15, 0.2) is 5.11 Å². The SMILES string of the molecule is COC(=O)c1c(-c2ccc(C)cc2)csc1NC(=S)N1CCCC2=CC3CC(CN4CCCCC34)C21. The molecule has 0 radical (unpaired) electrons. The predicted molar refractivity (Wildman–Crippen MR) is 151 cm³/mol. The lowest BCUT2D eigenvalue weighted by atomic mass is 9.68. The molecule has 6 rings (SSSR count). The molecule has 4 aliphatic rings. The van der Waals surface area contributed by atoms with E-state index in [4.69, 9.17) is 17.0 Å². The number of methoxy groups -OCH3 is 1. The van der Waals surface area contributed by atoms with E-state index < -0.39 is 0 Å². The van der Waals surface area contributed by atoms with Gasteiger partial charge in [-0.25, -0.2) is 4.79 Å². The Morgan fingerprint density at radius 2 is 2.00 bits per heavy atom. The largest absolute Gasteiger partial charge is 0.465 e. The van der Waals surface area contributed by atoms with Crippen molar-refractivity contribution in [3.63, 3.8) is 0 Å². The third-order valence-corrected chi connectivity index (χ3v) is 9.91. The van der Waals surface area contributed by atoms with Crippen molar-refractivity contribution in [2.75, 3.05) is 32.1 Å². The van der Waals surface area contributed by atoms with Crippen LogP contribution in [0.2, 0.25) is 0 Å². The minimum absolute atomic E-state index is 0.333. The number of thiophene rings is 1. The topological polar surface area (TPSA) is 44.8 Å². The number of hydrogen-bond acceptors (Lipinski definition) is 5. The third kappa shape index (κ3) is 4.29. The molecule has 190 valence electrons. The zero-order chi connectivity index (χ0) is 24.8. The van der Waals surface area contributed by atoms with Gasteiger partial charge < -0.3 is 15.0 Å². The Morgan fingerprint density at radius 1 is 1.17 bits per heavy atom. The Hall–Kier alpha value is -2.22. The van der Waals surface area contributed by atoms with Gasteiger partial charge in [0.2, 0.25) is 0 Å². The highest BCUT2D eigenvalue weighted by Gasteiger charge is 2.46. The second-order valence-electron chi connectivity index (χ2n) is 10.8. The zero-order valence-electron chi connectivity index (χ0n) is 21.2. The summed E-state index contributed by atoms with van der Waals surface area (Å²) in [4.78, 5) is 18.1. The second kappa shape index (κ2) is 9.92. The molecule has 4 unspecified atom stereocenters. The van der Waals surface area contributed by atoms with Crippen LogP contribution in [0.1, 0.15) is 54.4 Å². The predicted octanol–water partition coefficient (Wildman–Crippen LogP) is 6.10. The number of ether oxygens (including phenoxy) is 1. The molecule has 7 heteroatoms. The number of likely N-dealkylation sites (tertiary alicyclic amines) is 1. The molecule has 3 fully saturated rings. The smallest absolute Gasteiger partial charge is 0.341 e. The standard InChI is InChI=1S/C29H35N3O2S2/c1-18-8-10-19(11-9-18)23-17-36-27(25(23)28(33)34-2)30-29(35)32-13-5-6-20-14-21-15-22(26(20)32)16-31-12-4-3-7-24(21)31/h8-11,14,17,21-22,24,26H,3-7,12-13,15-16H2,1-2H3,(H,30,35). The number of thiocarbonyl (C=S) groups is 1. The van der Waals surface area contributed by atoms with Crippen LogP contribution in [0.25, 0.3) is 11.1 Å². The van der Waals surface area contributed by atoms with Gasteiger partial charge >= 0.3 is 5.97 Å². The van der Waals surface area contributed by atoms with Gasteiger partial charge in [0.25, 0.3) is 0 Å². The second-order valence-corrected chi connectivity index (χ2v) is 12.1. The number of rotatable bonds is 3. The molecule has 0 spiro atoms. The summed E-state index contributed by atoms with van der Waals surface area (Å²) in [6.45, 7) is 5.46.